The molecule has 2 amide bonds. The third-order valence-electron chi connectivity index (χ3n) is 3.70. The van der Waals surface area contributed by atoms with E-state index in [-0.39, 0.29) is 11.8 Å². The third-order valence-corrected chi connectivity index (χ3v) is 4.84. The fraction of sp³-hybridized carbons (Fsp3) is 0.643. The standard InChI is InChI=1S/C14H21N3O2S/c1-10-11(2)20-13(15-10)4-5-14(19)17-8-6-16(7-9-17)12(3)18/h4-9H2,1-3H3. The molecule has 0 radical (unpaired) electrons. The number of aromatic nitrogens is 1. The Balaban J connectivity index is 1.80. The number of amides is 2. The summed E-state index contributed by atoms with van der Waals surface area (Å²) in [6, 6.07) is 0. The predicted molar refractivity (Wildman–Crippen MR) is 78.7 cm³/mol. The number of thiazole rings is 1. The van der Waals surface area contributed by atoms with E-state index in [0.717, 1.165) is 10.7 Å². The molecule has 0 bridgehead atoms. The van der Waals surface area contributed by atoms with E-state index in [1.807, 2.05) is 11.8 Å². The minimum Gasteiger partial charge on any atom is -0.339 e. The van der Waals surface area contributed by atoms with Crippen LogP contribution in [0.25, 0.3) is 0 Å². The summed E-state index contributed by atoms with van der Waals surface area (Å²) < 4.78 is 0. The van der Waals surface area contributed by atoms with Gasteiger partial charge in [0.2, 0.25) is 11.8 Å². The van der Waals surface area contributed by atoms with Crippen LogP contribution in [0.1, 0.15) is 28.9 Å². The fourth-order valence-corrected chi connectivity index (χ4v) is 3.22. The second-order valence-electron chi connectivity index (χ2n) is 5.14. The third kappa shape index (κ3) is 3.56. The number of carbonyl (C=O) groups excluding carboxylic acids is 2. The molecule has 1 aromatic heterocycles. The Morgan fingerprint density at radius 2 is 1.75 bits per heavy atom. The summed E-state index contributed by atoms with van der Waals surface area (Å²) >= 11 is 1.67. The number of hydrogen-bond donors (Lipinski definition) is 0. The molecule has 0 aliphatic carbocycles. The van der Waals surface area contributed by atoms with Gasteiger partial charge in [0.1, 0.15) is 0 Å². The molecule has 1 saturated heterocycles. The van der Waals surface area contributed by atoms with Crippen LogP contribution in [-0.2, 0) is 16.0 Å². The van der Waals surface area contributed by atoms with Gasteiger partial charge in [-0.3, -0.25) is 9.59 Å². The van der Waals surface area contributed by atoms with Gasteiger partial charge in [0, 0.05) is 50.8 Å². The van der Waals surface area contributed by atoms with Crippen LogP contribution in [0, 0.1) is 13.8 Å². The molecular formula is C14H21N3O2S. The monoisotopic (exact) mass is 295 g/mol. The van der Waals surface area contributed by atoms with Crippen molar-refractivity contribution in [2.24, 2.45) is 0 Å². The molecule has 110 valence electrons. The van der Waals surface area contributed by atoms with Gasteiger partial charge < -0.3 is 9.80 Å². The van der Waals surface area contributed by atoms with Gasteiger partial charge in [-0.05, 0) is 13.8 Å². The van der Waals surface area contributed by atoms with E-state index >= 15 is 0 Å². The van der Waals surface area contributed by atoms with Crippen molar-refractivity contribution in [2.45, 2.75) is 33.6 Å². The smallest absolute Gasteiger partial charge is 0.223 e. The molecule has 1 aromatic rings. The first-order chi connectivity index (χ1) is 9.47. The number of nitrogens with zero attached hydrogens (tertiary/aromatic N) is 3. The molecule has 0 N–H and O–H groups in total. The van der Waals surface area contributed by atoms with Gasteiger partial charge in [-0.2, -0.15) is 0 Å². The van der Waals surface area contributed by atoms with Gasteiger partial charge in [-0.1, -0.05) is 0 Å². The van der Waals surface area contributed by atoms with E-state index < -0.39 is 0 Å². The molecule has 20 heavy (non-hydrogen) atoms. The van der Waals surface area contributed by atoms with Crippen molar-refractivity contribution in [3.05, 3.63) is 15.6 Å². The Labute approximate surface area is 123 Å². The van der Waals surface area contributed by atoms with Crippen molar-refractivity contribution in [1.82, 2.24) is 14.8 Å². The lowest BCUT2D eigenvalue weighted by atomic mass is 10.2. The summed E-state index contributed by atoms with van der Waals surface area (Å²) in [5, 5.41) is 1.04. The van der Waals surface area contributed by atoms with Crippen LogP contribution in [0.15, 0.2) is 0 Å². The largest absolute Gasteiger partial charge is 0.339 e. The lowest BCUT2D eigenvalue weighted by molar-refractivity contribution is -0.138. The lowest BCUT2D eigenvalue weighted by Gasteiger charge is -2.34. The Kier molecular flexibility index (Phi) is 4.75. The number of aryl methyl sites for hydroxylation is 3. The van der Waals surface area contributed by atoms with Crippen LogP contribution >= 0.6 is 11.3 Å². The van der Waals surface area contributed by atoms with E-state index in [4.69, 9.17) is 0 Å². The second-order valence-corrected chi connectivity index (χ2v) is 6.42. The highest BCUT2D eigenvalue weighted by molar-refractivity contribution is 7.11. The molecule has 1 aliphatic heterocycles. The summed E-state index contributed by atoms with van der Waals surface area (Å²) in [5.74, 6) is 0.254. The Morgan fingerprint density at radius 1 is 1.15 bits per heavy atom. The zero-order valence-corrected chi connectivity index (χ0v) is 13.1. The number of carbonyl (C=O) groups is 2. The Hall–Kier alpha value is -1.43. The molecule has 1 fully saturated rings. The van der Waals surface area contributed by atoms with Crippen molar-refractivity contribution in [1.29, 1.82) is 0 Å². The van der Waals surface area contributed by atoms with Crippen LogP contribution in [0.4, 0.5) is 0 Å². The minimum absolute atomic E-state index is 0.0887. The number of rotatable bonds is 3. The summed E-state index contributed by atoms with van der Waals surface area (Å²) in [4.78, 5) is 32.7. The molecule has 0 saturated carbocycles. The quantitative estimate of drug-likeness (QED) is 0.846. The molecule has 6 heteroatoms. The van der Waals surface area contributed by atoms with Gasteiger partial charge >= 0.3 is 0 Å². The van der Waals surface area contributed by atoms with E-state index in [1.54, 1.807) is 23.2 Å². The van der Waals surface area contributed by atoms with E-state index in [2.05, 4.69) is 11.9 Å². The molecule has 1 aliphatic rings. The lowest BCUT2D eigenvalue weighted by Crippen LogP contribution is -2.50. The maximum absolute atomic E-state index is 12.1. The first-order valence-corrected chi connectivity index (χ1v) is 7.75. The van der Waals surface area contributed by atoms with Crippen LogP contribution < -0.4 is 0 Å². The highest BCUT2D eigenvalue weighted by atomic mass is 32.1. The molecule has 0 aromatic carbocycles. The zero-order valence-electron chi connectivity index (χ0n) is 12.3. The maximum atomic E-state index is 12.1. The van der Waals surface area contributed by atoms with Gasteiger partial charge in [0.05, 0.1) is 10.7 Å². The molecule has 2 rings (SSSR count). The minimum atomic E-state index is 0.0887. The van der Waals surface area contributed by atoms with Crippen molar-refractivity contribution < 1.29 is 9.59 Å². The summed E-state index contributed by atoms with van der Waals surface area (Å²) in [5.41, 5.74) is 1.06. The van der Waals surface area contributed by atoms with Gasteiger partial charge in [-0.25, -0.2) is 4.98 Å². The highest BCUT2D eigenvalue weighted by Gasteiger charge is 2.22. The molecule has 0 atom stereocenters. The average molecular weight is 295 g/mol. The average Bonchev–Trinajstić information content (AvgIpc) is 2.75. The molecule has 0 unspecified atom stereocenters. The van der Waals surface area contributed by atoms with Crippen LogP contribution in [0.3, 0.4) is 0 Å². The van der Waals surface area contributed by atoms with E-state index in [9.17, 15) is 9.59 Å². The summed E-state index contributed by atoms with van der Waals surface area (Å²) in [6.07, 6.45) is 1.22. The molecule has 5 nitrogen and oxygen atoms in total. The Morgan fingerprint density at radius 3 is 2.25 bits per heavy atom. The number of hydrogen-bond acceptors (Lipinski definition) is 4. The first kappa shape index (κ1) is 15.0. The summed E-state index contributed by atoms with van der Waals surface area (Å²) in [6.45, 7) is 8.22. The normalized spacial score (nSPS) is 15.6. The number of piperazine rings is 1. The highest BCUT2D eigenvalue weighted by Crippen LogP contribution is 2.18. The van der Waals surface area contributed by atoms with E-state index in [1.165, 1.54) is 4.88 Å². The fourth-order valence-electron chi connectivity index (χ4n) is 2.29. The SMILES string of the molecule is CC(=O)N1CCN(C(=O)CCc2nc(C)c(C)s2)CC1. The van der Waals surface area contributed by atoms with Crippen molar-refractivity contribution in [3.63, 3.8) is 0 Å². The molecular weight excluding hydrogens is 274 g/mol. The van der Waals surface area contributed by atoms with Gasteiger partial charge in [0.15, 0.2) is 0 Å². The van der Waals surface area contributed by atoms with Gasteiger partial charge in [0.25, 0.3) is 0 Å². The molecule has 2 heterocycles. The molecule has 0 spiro atoms. The maximum Gasteiger partial charge on any atom is 0.223 e. The van der Waals surface area contributed by atoms with Crippen LogP contribution in [0.2, 0.25) is 0 Å². The zero-order chi connectivity index (χ0) is 14.7. The van der Waals surface area contributed by atoms with E-state index in [0.29, 0.717) is 39.0 Å². The topological polar surface area (TPSA) is 53.5 Å². The van der Waals surface area contributed by atoms with Crippen LogP contribution in [-0.4, -0.2) is 52.8 Å². The second kappa shape index (κ2) is 6.35. The van der Waals surface area contributed by atoms with Crippen molar-refractivity contribution in [3.8, 4) is 0 Å². The van der Waals surface area contributed by atoms with Crippen molar-refractivity contribution >= 4 is 23.2 Å². The first-order valence-electron chi connectivity index (χ1n) is 6.93. The van der Waals surface area contributed by atoms with Crippen LogP contribution in [0.5, 0.6) is 0 Å². The van der Waals surface area contributed by atoms with Crippen molar-refractivity contribution in [2.75, 3.05) is 26.2 Å². The Bertz CT molecular complexity index is 485. The predicted octanol–water partition coefficient (Wildman–Crippen LogP) is 1.38. The summed E-state index contributed by atoms with van der Waals surface area (Å²) in [7, 11) is 0. The van der Waals surface area contributed by atoms with Gasteiger partial charge in [-0.15, -0.1) is 11.3 Å².